The Bertz CT molecular complexity index is 703. The van der Waals surface area contributed by atoms with Crippen molar-refractivity contribution in [1.82, 2.24) is 9.78 Å². The predicted molar refractivity (Wildman–Crippen MR) is 68.3 cm³/mol. The molecule has 0 fully saturated rings. The summed E-state index contributed by atoms with van der Waals surface area (Å²) in [6.07, 6.45) is 1.52. The number of hydrogen-bond donors (Lipinski definition) is 1. The van der Waals surface area contributed by atoms with Gasteiger partial charge >= 0.3 is 0 Å². The van der Waals surface area contributed by atoms with E-state index in [-0.39, 0.29) is 17.7 Å². The summed E-state index contributed by atoms with van der Waals surface area (Å²) >= 11 is 0. The summed E-state index contributed by atoms with van der Waals surface area (Å²) < 4.78 is 14.4. The Balaban J connectivity index is 2.32. The zero-order valence-electron chi connectivity index (χ0n) is 10.2. The van der Waals surface area contributed by atoms with Gasteiger partial charge in [-0.1, -0.05) is 6.07 Å². The highest BCUT2D eigenvalue weighted by atomic mass is 19.1. The van der Waals surface area contributed by atoms with E-state index in [9.17, 15) is 9.18 Å². The molecule has 0 bridgehead atoms. The van der Waals surface area contributed by atoms with E-state index < -0.39 is 5.82 Å². The Morgan fingerprint density at radius 2 is 2.26 bits per heavy atom. The van der Waals surface area contributed by atoms with Crippen molar-refractivity contribution in [2.24, 2.45) is 0 Å². The molecule has 0 saturated heterocycles. The second-order valence-corrected chi connectivity index (χ2v) is 3.92. The number of nitriles is 1. The third-order valence-corrected chi connectivity index (χ3v) is 2.64. The van der Waals surface area contributed by atoms with Crippen LogP contribution >= 0.6 is 0 Å². The highest BCUT2D eigenvalue weighted by Crippen LogP contribution is 2.10. The van der Waals surface area contributed by atoms with E-state index >= 15 is 0 Å². The smallest absolute Gasteiger partial charge is 0.269 e. The van der Waals surface area contributed by atoms with Gasteiger partial charge in [-0.25, -0.2) is 9.07 Å². The lowest BCUT2D eigenvalue weighted by Crippen LogP contribution is -2.22. The van der Waals surface area contributed by atoms with Crippen molar-refractivity contribution in [3.8, 4) is 6.07 Å². The van der Waals surface area contributed by atoms with Gasteiger partial charge in [0.25, 0.3) is 5.56 Å². The summed E-state index contributed by atoms with van der Waals surface area (Å²) in [6.45, 7) is 0.192. The van der Waals surface area contributed by atoms with Crippen LogP contribution in [0.5, 0.6) is 0 Å². The summed E-state index contributed by atoms with van der Waals surface area (Å²) in [5.74, 6) is -0.572. The van der Waals surface area contributed by atoms with Gasteiger partial charge in [-0.05, 0) is 17.7 Å². The molecule has 1 aromatic heterocycles. The lowest BCUT2D eigenvalue weighted by Gasteiger charge is -2.06. The topological polar surface area (TPSA) is 70.7 Å². The highest BCUT2D eigenvalue weighted by molar-refractivity contribution is 5.38. The minimum atomic E-state index is -0.572. The highest BCUT2D eigenvalue weighted by Gasteiger charge is 2.05. The number of benzene rings is 1. The van der Waals surface area contributed by atoms with Crippen molar-refractivity contribution in [3.63, 3.8) is 0 Å². The van der Waals surface area contributed by atoms with Crippen LogP contribution in [0.1, 0.15) is 11.1 Å². The Morgan fingerprint density at radius 1 is 1.47 bits per heavy atom. The predicted octanol–water partition coefficient (Wildman–Crippen LogP) is 1.34. The second-order valence-electron chi connectivity index (χ2n) is 3.92. The van der Waals surface area contributed by atoms with E-state index in [1.54, 1.807) is 13.1 Å². The van der Waals surface area contributed by atoms with E-state index in [0.29, 0.717) is 11.3 Å². The number of halogens is 1. The normalized spacial score (nSPS) is 9.95. The van der Waals surface area contributed by atoms with Crippen molar-refractivity contribution >= 4 is 5.69 Å². The molecule has 0 aliphatic rings. The third kappa shape index (κ3) is 2.77. The van der Waals surface area contributed by atoms with E-state index in [1.165, 1.54) is 35.1 Å². The van der Waals surface area contributed by atoms with Gasteiger partial charge in [-0.2, -0.15) is 10.4 Å². The monoisotopic (exact) mass is 258 g/mol. The second kappa shape index (κ2) is 5.31. The van der Waals surface area contributed by atoms with Crippen LogP contribution < -0.4 is 10.9 Å². The van der Waals surface area contributed by atoms with E-state index in [4.69, 9.17) is 5.26 Å². The fourth-order valence-corrected chi connectivity index (χ4v) is 1.62. The quantitative estimate of drug-likeness (QED) is 0.902. The minimum Gasteiger partial charge on any atom is -0.387 e. The van der Waals surface area contributed by atoms with Gasteiger partial charge in [0.2, 0.25) is 0 Å². The molecule has 1 aromatic carbocycles. The average molecular weight is 258 g/mol. The van der Waals surface area contributed by atoms with Gasteiger partial charge in [0, 0.05) is 13.1 Å². The minimum absolute atomic E-state index is 0.0441. The molecule has 2 rings (SSSR count). The van der Waals surface area contributed by atoms with Crippen LogP contribution in [-0.2, 0) is 6.54 Å². The van der Waals surface area contributed by atoms with E-state index in [0.717, 1.165) is 0 Å². The maximum atomic E-state index is 13.2. The Kier molecular flexibility index (Phi) is 3.57. The number of nitrogens with one attached hydrogen (secondary N) is 1. The molecule has 0 spiro atoms. The Labute approximate surface area is 108 Å². The summed E-state index contributed by atoms with van der Waals surface area (Å²) in [4.78, 5) is 11.7. The molecule has 1 N–H and O–H groups in total. The molecule has 0 aliphatic heterocycles. The lowest BCUT2D eigenvalue weighted by molar-refractivity contribution is 0.616. The van der Waals surface area contributed by atoms with Gasteiger partial charge in [-0.3, -0.25) is 4.79 Å². The largest absolute Gasteiger partial charge is 0.387 e. The summed E-state index contributed by atoms with van der Waals surface area (Å²) in [5.41, 5.74) is 0.954. The van der Waals surface area contributed by atoms with Gasteiger partial charge in [0.15, 0.2) is 0 Å². The first-order valence-electron chi connectivity index (χ1n) is 5.57. The first kappa shape index (κ1) is 12.8. The first-order valence-corrected chi connectivity index (χ1v) is 5.57. The summed E-state index contributed by atoms with van der Waals surface area (Å²) in [5, 5.41) is 15.6. The molecule has 5 nitrogen and oxygen atoms in total. The van der Waals surface area contributed by atoms with Crippen molar-refractivity contribution in [2.45, 2.75) is 6.54 Å². The van der Waals surface area contributed by atoms with Gasteiger partial charge in [0.1, 0.15) is 11.9 Å². The molecular weight excluding hydrogens is 247 g/mol. The number of nitrogens with zero attached hydrogens (tertiary/aromatic N) is 3. The maximum Gasteiger partial charge on any atom is 0.269 e. The maximum absolute atomic E-state index is 13.2. The van der Waals surface area contributed by atoms with Crippen molar-refractivity contribution < 1.29 is 4.39 Å². The third-order valence-electron chi connectivity index (χ3n) is 2.64. The van der Waals surface area contributed by atoms with Crippen LogP contribution in [0.15, 0.2) is 35.3 Å². The average Bonchev–Trinajstić information content (AvgIpc) is 2.43. The van der Waals surface area contributed by atoms with Gasteiger partial charge < -0.3 is 5.32 Å². The fraction of sp³-hybridized carbons (Fsp3) is 0.154. The molecule has 0 atom stereocenters. The van der Waals surface area contributed by atoms with Gasteiger partial charge in [-0.15, -0.1) is 0 Å². The molecule has 96 valence electrons. The van der Waals surface area contributed by atoms with Crippen molar-refractivity contribution in [1.29, 1.82) is 5.26 Å². The number of rotatable bonds is 3. The molecule has 0 aliphatic carbocycles. The molecule has 6 heteroatoms. The molecule has 0 saturated carbocycles. The number of hydrogen-bond acceptors (Lipinski definition) is 4. The molecule has 0 unspecified atom stereocenters. The van der Waals surface area contributed by atoms with Crippen molar-refractivity contribution in [2.75, 3.05) is 12.4 Å². The molecule has 19 heavy (non-hydrogen) atoms. The van der Waals surface area contributed by atoms with E-state index in [1.807, 2.05) is 0 Å². The first-order chi connectivity index (χ1) is 9.13. The number of anilines is 1. The van der Waals surface area contributed by atoms with Crippen LogP contribution in [0.4, 0.5) is 10.1 Å². The van der Waals surface area contributed by atoms with E-state index in [2.05, 4.69) is 10.4 Å². The molecule has 0 amide bonds. The van der Waals surface area contributed by atoms with Crippen molar-refractivity contribution in [3.05, 3.63) is 57.8 Å². The summed E-state index contributed by atoms with van der Waals surface area (Å²) in [6, 6.07) is 7.33. The van der Waals surface area contributed by atoms with Crippen LogP contribution in [0.25, 0.3) is 0 Å². The molecule has 2 aromatic rings. The SMILES string of the molecule is CNc1cnn(Cc2ccc(F)c(C#N)c2)c(=O)c1. The lowest BCUT2D eigenvalue weighted by atomic mass is 10.1. The van der Waals surface area contributed by atoms with Gasteiger partial charge in [0.05, 0.1) is 24.0 Å². The van der Waals surface area contributed by atoms with Crippen LogP contribution in [0, 0.1) is 17.1 Å². The fourth-order valence-electron chi connectivity index (χ4n) is 1.62. The standard InChI is InChI=1S/C13H11FN4O/c1-16-11-5-13(19)18(17-7-11)8-9-2-3-12(14)10(4-9)6-15/h2-5,7,16H,8H2,1H3. The number of aromatic nitrogens is 2. The Hall–Kier alpha value is -2.68. The Morgan fingerprint density at radius 3 is 2.89 bits per heavy atom. The molecular formula is C13H11FN4O. The zero-order valence-corrected chi connectivity index (χ0v) is 10.2. The van der Waals surface area contributed by atoms with Crippen LogP contribution in [-0.4, -0.2) is 16.8 Å². The molecule has 0 radical (unpaired) electrons. The molecule has 1 heterocycles. The van der Waals surface area contributed by atoms with Crippen LogP contribution in [0.3, 0.4) is 0 Å². The summed E-state index contributed by atoms with van der Waals surface area (Å²) in [7, 11) is 1.69. The van der Waals surface area contributed by atoms with Crippen LogP contribution in [0.2, 0.25) is 0 Å². The zero-order chi connectivity index (χ0) is 13.8.